The van der Waals surface area contributed by atoms with Crippen LogP contribution in [0.25, 0.3) is 11.4 Å². The summed E-state index contributed by atoms with van der Waals surface area (Å²) in [5, 5.41) is 12.9. The molecule has 2 heterocycles. The standard InChI is InChI=1S/C23H21ClN4O2S/c1-15-8-9-19(11-16(15)2)25-21(29)14-31-23-27-26-22(17-5-3-6-18(24)12-17)28(23)13-20-7-4-10-30-20/h3-12H,13-14H2,1-2H3,(H,25,29). The fourth-order valence-electron chi connectivity index (χ4n) is 3.08. The first kappa shape index (κ1) is 21.2. The summed E-state index contributed by atoms with van der Waals surface area (Å²) < 4.78 is 7.44. The number of hydrogen-bond donors (Lipinski definition) is 1. The summed E-state index contributed by atoms with van der Waals surface area (Å²) >= 11 is 7.49. The van der Waals surface area contributed by atoms with Gasteiger partial charge in [-0.1, -0.05) is 41.6 Å². The van der Waals surface area contributed by atoms with E-state index in [0.717, 1.165) is 22.6 Å². The maximum Gasteiger partial charge on any atom is 0.234 e. The number of aromatic nitrogens is 3. The van der Waals surface area contributed by atoms with Crippen LogP contribution in [0.15, 0.2) is 70.4 Å². The Kier molecular flexibility index (Phi) is 6.44. The van der Waals surface area contributed by atoms with Crippen LogP contribution < -0.4 is 5.32 Å². The van der Waals surface area contributed by atoms with Crippen LogP contribution in [0, 0.1) is 13.8 Å². The summed E-state index contributed by atoms with van der Waals surface area (Å²) in [6.45, 7) is 4.51. The molecule has 0 saturated carbocycles. The number of furan rings is 1. The number of anilines is 1. The van der Waals surface area contributed by atoms with Crippen LogP contribution in [0.1, 0.15) is 16.9 Å². The number of carbonyl (C=O) groups is 1. The summed E-state index contributed by atoms with van der Waals surface area (Å²) in [7, 11) is 0. The zero-order chi connectivity index (χ0) is 21.8. The highest BCUT2D eigenvalue weighted by Gasteiger charge is 2.17. The third-order valence-electron chi connectivity index (χ3n) is 4.82. The second-order valence-electron chi connectivity index (χ2n) is 7.12. The van der Waals surface area contributed by atoms with Gasteiger partial charge in [0.2, 0.25) is 5.91 Å². The van der Waals surface area contributed by atoms with Gasteiger partial charge in [0.1, 0.15) is 5.76 Å². The smallest absolute Gasteiger partial charge is 0.234 e. The summed E-state index contributed by atoms with van der Waals surface area (Å²) in [5.74, 6) is 1.53. The van der Waals surface area contributed by atoms with Crippen LogP contribution in [0.4, 0.5) is 5.69 Å². The maximum atomic E-state index is 12.5. The molecule has 0 unspecified atom stereocenters. The number of nitrogens with one attached hydrogen (secondary N) is 1. The molecule has 2 aromatic carbocycles. The number of thioether (sulfide) groups is 1. The highest BCUT2D eigenvalue weighted by atomic mass is 35.5. The summed E-state index contributed by atoms with van der Waals surface area (Å²) in [6.07, 6.45) is 1.63. The molecule has 1 amide bonds. The van der Waals surface area contributed by atoms with Gasteiger partial charge in [-0.25, -0.2) is 0 Å². The monoisotopic (exact) mass is 452 g/mol. The van der Waals surface area contributed by atoms with Gasteiger partial charge in [0.05, 0.1) is 18.6 Å². The Hall–Kier alpha value is -3.03. The Labute approximate surface area is 189 Å². The molecule has 2 aromatic heterocycles. The molecule has 4 aromatic rings. The van der Waals surface area contributed by atoms with Crippen molar-refractivity contribution in [3.05, 3.63) is 82.8 Å². The number of carbonyl (C=O) groups excluding carboxylic acids is 1. The largest absolute Gasteiger partial charge is 0.467 e. The molecule has 0 aliphatic carbocycles. The van der Waals surface area contributed by atoms with E-state index >= 15 is 0 Å². The van der Waals surface area contributed by atoms with Gasteiger partial charge in [-0.15, -0.1) is 10.2 Å². The van der Waals surface area contributed by atoms with Crippen LogP contribution in [0.2, 0.25) is 5.02 Å². The van der Waals surface area contributed by atoms with Crippen molar-refractivity contribution in [3.8, 4) is 11.4 Å². The predicted octanol–water partition coefficient (Wildman–Crippen LogP) is 5.59. The van der Waals surface area contributed by atoms with Crippen LogP contribution in [0.3, 0.4) is 0 Å². The third kappa shape index (κ3) is 5.18. The zero-order valence-electron chi connectivity index (χ0n) is 17.1. The Morgan fingerprint density at radius 1 is 1.10 bits per heavy atom. The molecule has 0 aliphatic rings. The lowest BCUT2D eigenvalue weighted by Crippen LogP contribution is -2.15. The fraction of sp³-hybridized carbons (Fsp3) is 0.174. The molecule has 31 heavy (non-hydrogen) atoms. The molecule has 6 nitrogen and oxygen atoms in total. The van der Waals surface area contributed by atoms with Crippen molar-refractivity contribution in [2.45, 2.75) is 25.5 Å². The van der Waals surface area contributed by atoms with Crippen LogP contribution in [0.5, 0.6) is 0 Å². The second kappa shape index (κ2) is 9.41. The van der Waals surface area contributed by atoms with Gasteiger partial charge in [-0.3, -0.25) is 9.36 Å². The van der Waals surface area contributed by atoms with E-state index < -0.39 is 0 Å². The Morgan fingerprint density at radius 3 is 2.71 bits per heavy atom. The molecule has 0 bridgehead atoms. The van der Waals surface area contributed by atoms with Crippen molar-refractivity contribution < 1.29 is 9.21 Å². The van der Waals surface area contributed by atoms with Crippen molar-refractivity contribution in [2.24, 2.45) is 0 Å². The molecule has 8 heteroatoms. The highest BCUT2D eigenvalue weighted by Crippen LogP contribution is 2.27. The van der Waals surface area contributed by atoms with Gasteiger partial charge in [0, 0.05) is 16.3 Å². The number of amides is 1. The Bertz CT molecular complexity index is 1200. The van der Waals surface area contributed by atoms with Crippen molar-refractivity contribution in [3.63, 3.8) is 0 Å². The number of halogens is 1. The van der Waals surface area contributed by atoms with Gasteiger partial charge in [0.25, 0.3) is 0 Å². The van der Waals surface area contributed by atoms with Gasteiger partial charge in [-0.05, 0) is 61.4 Å². The van der Waals surface area contributed by atoms with Gasteiger partial charge < -0.3 is 9.73 Å². The summed E-state index contributed by atoms with van der Waals surface area (Å²) in [6, 6.07) is 17.0. The lowest BCUT2D eigenvalue weighted by atomic mass is 10.1. The van der Waals surface area contributed by atoms with E-state index in [1.807, 2.05) is 73.0 Å². The van der Waals surface area contributed by atoms with Crippen LogP contribution in [-0.2, 0) is 11.3 Å². The van der Waals surface area contributed by atoms with Crippen LogP contribution >= 0.6 is 23.4 Å². The average Bonchev–Trinajstić information content (AvgIpc) is 3.40. The molecule has 158 valence electrons. The third-order valence-corrected chi connectivity index (χ3v) is 6.02. The SMILES string of the molecule is Cc1ccc(NC(=O)CSc2nnc(-c3cccc(Cl)c3)n2Cc2ccco2)cc1C. The molecule has 0 radical (unpaired) electrons. The number of rotatable bonds is 7. The fourth-order valence-corrected chi connectivity index (χ4v) is 4.01. The molecule has 0 aliphatic heterocycles. The van der Waals surface area contributed by atoms with Crippen LogP contribution in [-0.4, -0.2) is 26.4 Å². The van der Waals surface area contributed by atoms with Gasteiger partial charge in [0.15, 0.2) is 11.0 Å². The molecule has 0 atom stereocenters. The quantitative estimate of drug-likeness (QED) is 0.370. The number of benzene rings is 2. The summed E-state index contributed by atoms with van der Waals surface area (Å²) in [5.41, 5.74) is 3.95. The van der Waals surface area contributed by atoms with Crippen molar-refractivity contribution in [1.29, 1.82) is 0 Å². The normalized spacial score (nSPS) is 10.9. The van der Waals surface area contributed by atoms with E-state index in [2.05, 4.69) is 15.5 Å². The minimum Gasteiger partial charge on any atom is -0.467 e. The van der Waals surface area contributed by atoms with E-state index in [1.54, 1.807) is 6.26 Å². The Balaban J connectivity index is 1.53. The van der Waals surface area contributed by atoms with Gasteiger partial charge >= 0.3 is 0 Å². The molecule has 0 fully saturated rings. The van der Waals surface area contributed by atoms with E-state index in [1.165, 1.54) is 17.3 Å². The topological polar surface area (TPSA) is 73.0 Å². The van der Waals surface area contributed by atoms with Crippen molar-refractivity contribution in [2.75, 3.05) is 11.1 Å². The predicted molar refractivity (Wildman–Crippen MR) is 124 cm³/mol. The molecule has 0 spiro atoms. The molecule has 0 saturated heterocycles. The lowest BCUT2D eigenvalue weighted by Gasteiger charge is -2.10. The first-order valence-electron chi connectivity index (χ1n) is 9.71. The zero-order valence-corrected chi connectivity index (χ0v) is 18.7. The van der Waals surface area contributed by atoms with Crippen molar-refractivity contribution in [1.82, 2.24) is 14.8 Å². The molecular formula is C23H21ClN4O2S. The number of hydrogen-bond acceptors (Lipinski definition) is 5. The Morgan fingerprint density at radius 2 is 1.97 bits per heavy atom. The van der Waals surface area contributed by atoms with E-state index in [4.69, 9.17) is 16.0 Å². The van der Waals surface area contributed by atoms with E-state index in [9.17, 15) is 4.79 Å². The lowest BCUT2D eigenvalue weighted by molar-refractivity contribution is -0.113. The maximum absolute atomic E-state index is 12.5. The second-order valence-corrected chi connectivity index (χ2v) is 8.50. The highest BCUT2D eigenvalue weighted by molar-refractivity contribution is 7.99. The molecule has 1 N–H and O–H groups in total. The number of aryl methyl sites for hydroxylation is 2. The van der Waals surface area contributed by atoms with E-state index in [0.29, 0.717) is 22.5 Å². The first-order valence-corrected chi connectivity index (χ1v) is 11.1. The molecular weight excluding hydrogens is 432 g/mol. The van der Waals surface area contributed by atoms with Gasteiger partial charge in [-0.2, -0.15) is 0 Å². The number of nitrogens with zero attached hydrogens (tertiary/aromatic N) is 3. The molecule has 4 rings (SSSR count). The van der Waals surface area contributed by atoms with E-state index in [-0.39, 0.29) is 11.7 Å². The first-order chi connectivity index (χ1) is 15.0. The summed E-state index contributed by atoms with van der Waals surface area (Å²) in [4.78, 5) is 12.5. The average molecular weight is 453 g/mol. The van der Waals surface area contributed by atoms with Crippen molar-refractivity contribution >= 4 is 35.0 Å². The minimum absolute atomic E-state index is 0.106. The minimum atomic E-state index is -0.106.